The number of hydrogen-bond donors (Lipinski definition) is 0. The minimum Gasteiger partial charge on any atom is -0.456 e. The molecule has 280 valence electrons. The molecule has 10 aromatic carbocycles. The van der Waals surface area contributed by atoms with Gasteiger partial charge in [-0.2, -0.15) is 0 Å². The summed E-state index contributed by atoms with van der Waals surface area (Å²) >= 11 is 0. The summed E-state index contributed by atoms with van der Waals surface area (Å²) in [6.45, 7) is 0. The van der Waals surface area contributed by atoms with Crippen LogP contribution in [-0.4, -0.2) is 0 Å². The predicted octanol–water partition coefficient (Wildman–Crippen LogP) is 16.6. The Kier molecular flexibility index (Phi) is 7.89. The molecule has 0 aliphatic carbocycles. The summed E-state index contributed by atoms with van der Waals surface area (Å²) in [4.78, 5) is 0. The van der Waals surface area contributed by atoms with Crippen LogP contribution in [0.3, 0.4) is 0 Å². The molecule has 2 heteroatoms. The van der Waals surface area contributed by atoms with Gasteiger partial charge in [-0.25, -0.2) is 0 Å². The molecule has 0 spiro atoms. The molecule has 2 aromatic heterocycles. The maximum atomic E-state index is 6.46. The van der Waals surface area contributed by atoms with Crippen molar-refractivity contribution in [1.29, 1.82) is 0 Å². The molecule has 0 aliphatic heterocycles. The molecular weight excluding hydrogens is 729 g/mol. The largest absolute Gasteiger partial charge is 0.456 e. The molecule has 60 heavy (non-hydrogen) atoms. The molecule has 12 rings (SSSR count). The first kappa shape index (κ1) is 34.1. The van der Waals surface area contributed by atoms with E-state index >= 15 is 0 Å². The minimum atomic E-state index is 0.855. The fourth-order valence-corrected chi connectivity index (χ4v) is 8.90. The van der Waals surface area contributed by atoms with E-state index in [0.29, 0.717) is 0 Å². The highest BCUT2D eigenvalue weighted by atomic mass is 16.3. The summed E-state index contributed by atoms with van der Waals surface area (Å²) in [6, 6.07) is 78.1. The van der Waals surface area contributed by atoms with Crippen LogP contribution in [-0.2, 0) is 0 Å². The van der Waals surface area contributed by atoms with Gasteiger partial charge in [-0.3, -0.25) is 0 Å². The molecule has 0 saturated carbocycles. The number of fused-ring (bicyclic) bond motifs is 5. The highest BCUT2D eigenvalue weighted by molar-refractivity contribution is 6.04. The van der Waals surface area contributed by atoms with Gasteiger partial charge in [-0.15, -0.1) is 0 Å². The first-order valence-electron chi connectivity index (χ1n) is 20.5. The second-order valence-corrected chi connectivity index (χ2v) is 15.7. The van der Waals surface area contributed by atoms with Gasteiger partial charge < -0.3 is 8.83 Å². The molecule has 0 N–H and O–H groups in total. The Labute approximate surface area is 347 Å². The van der Waals surface area contributed by atoms with Crippen LogP contribution in [0.25, 0.3) is 121 Å². The molecule has 0 unspecified atom stereocenters. The van der Waals surface area contributed by atoms with E-state index < -0.39 is 0 Å². The lowest BCUT2D eigenvalue weighted by atomic mass is 9.96. The summed E-state index contributed by atoms with van der Waals surface area (Å²) in [7, 11) is 0. The second-order valence-electron chi connectivity index (χ2n) is 15.7. The van der Waals surface area contributed by atoms with Crippen LogP contribution in [0.5, 0.6) is 0 Å². The maximum Gasteiger partial charge on any atom is 0.135 e. The number of hydrogen-bond acceptors (Lipinski definition) is 2. The predicted molar refractivity (Wildman–Crippen MR) is 251 cm³/mol. The van der Waals surface area contributed by atoms with Gasteiger partial charge >= 0.3 is 0 Å². The standard InChI is InChI=1S/C58H36O2/c1-3-11-51-41(7-1)9-5-13-53(51)43-23-15-37(16-24-43)39-19-27-45(28-20-39)55-35-49-31-47-34-58-50(32-48(47)33-57(49)59-55)36-56(60-58)46-29-21-40(22-30-46)38-17-25-44(26-18-38)54-14-6-10-42-8-2-4-12-52(42)54/h1-36H. The van der Waals surface area contributed by atoms with Gasteiger partial charge in [-0.05, 0) is 113 Å². The molecule has 0 bridgehead atoms. The van der Waals surface area contributed by atoms with E-state index in [2.05, 4.69) is 218 Å². The zero-order valence-electron chi connectivity index (χ0n) is 32.6. The Morgan fingerprint density at radius 3 is 0.950 bits per heavy atom. The summed E-state index contributed by atoms with van der Waals surface area (Å²) in [6.07, 6.45) is 0. The van der Waals surface area contributed by atoms with Crippen LogP contribution in [0, 0.1) is 0 Å². The van der Waals surface area contributed by atoms with Crippen molar-refractivity contribution in [3.8, 4) is 67.2 Å². The lowest BCUT2D eigenvalue weighted by Crippen LogP contribution is -1.83. The first-order valence-corrected chi connectivity index (χ1v) is 20.5. The fraction of sp³-hybridized carbons (Fsp3) is 0. The average molecular weight is 765 g/mol. The van der Waals surface area contributed by atoms with Crippen molar-refractivity contribution in [3.63, 3.8) is 0 Å². The minimum absolute atomic E-state index is 0.855. The van der Waals surface area contributed by atoms with E-state index in [1.807, 2.05) is 0 Å². The van der Waals surface area contributed by atoms with Gasteiger partial charge in [-0.1, -0.05) is 182 Å². The number of rotatable bonds is 6. The average Bonchev–Trinajstić information content (AvgIpc) is 3.93. The molecule has 0 saturated heterocycles. The molecule has 12 aromatic rings. The lowest BCUT2D eigenvalue weighted by molar-refractivity contribution is 0.631. The van der Waals surface area contributed by atoms with Crippen LogP contribution in [0.15, 0.2) is 227 Å². The molecule has 2 nitrogen and oxygen atoms in total. The monoisotopic (exact) mass is 764 g/mol. The molecule has 2 heterocycles. The van der Waals surface area contributed by atoms with Gasteiger partial charge in [0.15, 0.2) is 0 Å². The maximum absolute atomic E-state index is 6.46. The summed E-state index contributed by atoms with van der Waals surface area (Å²) < 4.78 is 12.9. The Bertz CT molecular complexity index is 3230. The highest BCUT2D eigenvalue weighted by Crippen LogP contribution is 2.38. The van der Waals surface area contributed by atoms with Crippen molar-refractivity contribution in [2.24, 2.45) is 0 Å². The topological polar surface area (TPSA) is 26.3 Å². The van der Waals surface area contributed by atoms with Crippen molar-refractivity contribution < 1.29 is 8.83 Å². The number of furan rings is 2. The molecule has 0 amide bonds. The lowest BCUT2D eigenvalue weighted by Gasteiger charge is -2.09. The Hall–Kier alpha value is -7.94. The van der Waals surface area contributed by atoms with Crippen LogP contribution in [0.4, 0.5) is 0 Å². The van der Waals surface area contributed by atoms with Crippen LogP contribution in [0.2, 0.25) is 0 Å². The van der Waals surface area contributed by atoms with Gasteiger partial charge in [0.05, 0.1) is 0 Å². The molecule has 0 radical (unpaired) electrons. The van der Waals surface area contributed by atoms with Gasteiger partial charge in [0.25, 0.3) is 0 Å². The summed E-state index contributed by atoms with van der Waals surface area (Å²) in [5.41, 5.74) is 13.5. The van der Waals surface area contributed by atoms with E-state index in [9.17, 15) is 0 Å². The SMILES string of the molecule is c1ccc2c(-c3ccc(-c4ccc(-c5cc6cc7cc8oc(-c9ccc(-c%10ccc(-c%11cccc%12ccccc%11%12)cc%10)cc9)cc8cc7cc6o5)cc4)cc3)cccc2c1. The third kappa shape index (κ3) is 5.97. The first-order chi connectivity index (χ1) is 29.7. The van der Waals surface area contributed by atoms with E-state index in [1.54, 1.807) is 0 Å². The molecular formula is C58H36O2. The third-order valence-corrected chi connectivity index (χ3v) is 12.1. The van der Waals surface area contributed by atoms with Gasteiger partial charge in [0, 0.05) is 21.9 Å². The van der Waals surface area contributed by atoms with Gasteiger partial charge in [0.2, 0.25) is 0 Å². The van der Waals surface area contributed by atoms with Crippen molar-refractivity contribution in [2.45, 2.75) is 0 Å². The second kappa shape index (κ2) is 13.9. The Morgan fingerprint density at radius 1 is 0.217 bits per heavy atom. The molecule has 0 atom stereocenters. The van der Waals surface area contributed by atoms with E-state index in [0.717, 1.165) is 55.4 Å². The number of benzene rings is 10. The van der Waals surface area contributed by atoms with E-state index in [1.165, 1.54) is 66.1 Å². The van der Waals surface area contributed by atoms with Crippen LogP contribution < -0.4 is 0 Å². The quantitative estimate of drug-likeness (QED) is 0.169. The zero-order valence-corrected chi connectivity index (χ0v) is 32.6. The molecule has 0 fully saturated rings. The van der Waals surface area contributed by atoms with Crippen molar-refractivity contribution in [2.75, 3.05) is 0 Å². The van der Waals surface area contributed by atoms with E-state index in [4.69, 9.17) is 8.83 Å². The Balaban J connectivity index is 0.772. The van der Waals surface area contributed by atoms with Crippen molar-refractivity contribution in [3.05, 3.63) is 218 Å². The highest BCUT2D eigenvalue weighted by Gasteiger charge is 2.13. The van der Waals surface area contributed by atoms with Crippen molar-refractivity contribution in [1.82, 2.24) is 0 Å². The Morgan fingerprint density at radius 2 is 0.550 bits per heavy atom. The zero-order chi connectivity index (χ0) is 39.6. The van der Waals surface area contributed by atoms with Gasteiger partial charge in [0.1, 0.15) is 22.7 Å². The summed E-state index contributed by atoms with van der Waals surface area (Å²) in [5.74, 6) is 1.71. The fourth-order valence-electron chi connectivity index (χ4n) is 8.90. The normalized spacial score (nSPS) is 11.7. The summed E-state index contributed by atoms with van der Waals surface area (Å²) in [5, 5.41) is 9.43. The van der Waals surface area contributed by atoms with Crippen LogP contribution >= 0.6 is 0 Å². The smallest absolute Gasteiger partial charge is 0.135 e. The molecule has 0 aliphatic rings. The van der Waals surface area contributed by atoms with Crippen LogP contribution in [0.1, 0.15) is 0 Å². The third-order valence-electron chi connectivity index (χ3n) is 12.1. The van der Waals surface area contributed by atoms with E-state index in [-0.39, 0.29) is 0 Å². The van der Waals surface area contributed by atoms with Crippen molar-refractivity contribution >= 4 is 54.3 Å².